The first kappa shape index (κ1) is 16.8. The lowest BCUT2D eigenvalue weighted by Gasteiger charge is -2.09. The van der Waals surface area contributed by atoms with E-state index in [0.717, 1.165) is 11.3 Å². The molecule has 122 valence electrons. The van der Waals surface area contributed by atoms with Gasteiger partial charge in [0.15, 0.2) is 0 Å². The van der Waals surface area contributed by atoms with Crippen LogP contribution >= 0.6 is 0 Å². The van der Waals surface area contributed by atoms with Gasteiger partial charge in [-0.3, -0.25) is 0 Å². The summed E-state index contributed by atoms with van der Waals surface area (Å²) in [6.07, 6.45) is 0.461. The number of ether oxygens (including phenoxy) is 1. The van der Waals surface area contributed by atoms with Gasteiger partial charge in [-0.25, -0.2) is 9.18 Å². The third-order valence-electron chi connectivity index (χ3n) is 3.33. The van der Waals surface area contributed by atoms with E-state index in [9.17, 15) is 9.18 Å². The van der Waals surface area contributed by atoms with Gasteiger partial charge in [-0.05, 0) is 42.7 Å². The second-order valence-corrected chi connectivity index (χ2v) is 5.03. The van der Waals surface area contributed by atoms with Crippen LogP contribution in [0.15, 0.2) is 48.5 Å². The van der Waals surface area contributed by atoms with Crippen LogP contribution in [0.2, 0.25) is 0 Å². The molecule has 0 spiro atoms. The van der Waals surface area contributed by atoms with Gasteiger partial charge in [-0.15, -0.1) is 0 Å². The van der Waals surface area contributed by atoms with Crippen LogP contribution in [-0.2, 0) is 13.0 Å². The maximum Gasteiger partial charge on any atom is 0.315 e. The van der Waals surface area contributed by atoms with Gasteiger partial charge in [0.1, 0.15) is 11.6 Å². The van der Waals surface area contributed by atoms with Crippen LogP contribution in [0.1, 0.15) is 18.1 Å². The molecule has 2 amide bonds. The predicted octanol–water partition coefficient (Wildman–Crippen LogP) is 3.27. The summed E-state index contributed by atoms with van der Waals surface area (Å²) in [6.45, 7) is 3.37. The first-order valence-electron chi connectivity index (χ1n) is 7.66. The second kappa shape index (κ2) is 8.78. The van der Waals surface area contributed by atoms with Gasteiger partial charge < -0.3 is 15.4 Å². The normalized spacial score (nSPS) is 10.2. The maximum atomic E-state index is 13.4. The summed E-state index contributed by atoms with van der Waals surface area (Å²) in [5.41, 5.74) is 1.58. The van der Waals surface area contributed by atoms with E-state index in [1.54, 1.807) is 18.2 Å². The van der Waals surface area contributed by atoms with E-state index in [1.807, 2.05) is 31.2 Å². The summed E-state index contributed by atoms with van der Waals surface area (Å²) in [6, 6.07) is 13.9. The zero-order chi connectivity index (χ0) is 16.5. The molecule has 0 aliphatic carbocycles. The molecule has 2 N–H and O–H groups in total. The van der Waals surface area contributed by atoms with E-state index in [0.29, 0.717) is 31.7 Å². The van der Waals surface area contributed by atoms with Gasteiger partial charge >= 0.3 is 6.03 Å². The summed E-state index contributed by atoms with van der Waals surface area (Å²) < 4.78 is 18.8. The van der Waals surface area contributed by atoms with Crippen LogP contribution in [-0.4, -0.2) is 19.2 Å². The molecule has 0 aromatic heterocycles. The smallest absolute Gasteiger partial charge is 0.315 e. The minimum Gasteiger partial charge on any atom is -0.494 e. The monoisotopic (exact) mass is 316 g/mol. The van der Waals surface area contributed by atoms with Gasteiger partial charge in [0.05, 0.1) is 6.61 Å². The standard InChI is InChI=1S/C18H21FN2O2/c1-2-23-16-9-7-14(8-10-16)13-21-18(22)20-12-11-15-5-3-4-6-17(15)19/h3-10H,2,11-13H2,1H3,(H2,20,21,22). The molecule has 2 aromatic carbocycles. The lowest BCUT2D eigenvalue weighted by molar-refractivity contribution is 0.240. The van der Waals surface area contributed by atoms with Crippen LogP contribution in [0.3, 0.4) is 0 Å². The topological polar surface area (TPSA) is 50.4 Å². The van der Waals surface area contributed by atoms with E-state index in [1.165, 1.54) is 6.07 Å². The summed E-state index contributed by atoms with van der Waals surface area (Å²) in [7, 11) is 0. The molecule has 0 saturated carbocycles. The second-order valence-electron chi connectivity index (χ2n) is 5.03. The number of carbonyl (C=O) groups excluding carboxylic acids is 1. The zero-order valence-electron chi connectivity index (χ0n) is 13.1. The fourth-order valence-electron chi connectivity index (χ4n) is 2.13. The maximum absolute atomic E-state index is 13.4. The Morgan fingerprint density at radius 2 is 1.83 bits per heavy atom. The fourth-order valence-corrected chi connectivity index (χ4v) is 2.13. The molecule has 0 atom stereocenters. The number of hydrogen-bond acceptors (Lipinski definition) is 2. The highest BCUT2D eigenvalue weighted by Crippen LogP contribution is 2.11. The Morgan fingerprint density at radius 1 is 1.09 bits per heavy atom. The molecule has 2 aromatic rings. The summed E-state index contributed by atoms with van der Waals surface area (Å²) in [4.78, 5) is 11.7. The van der Waals surface area contributed by atoms with Crippen molar-refractivity contribution in [3.8, 4) is 5.75 Å². The molecule has 0 unspecified atom stereocenters. The van der Waals surface area contributed by atoms with Gasteiger partial charge in [0.2, 0.25) is 0 Å². The first-order chi connectivity index (χ1) is 11.2. The van der Waals surface area contributed by atoms with Crippen molar-refractivity contribution in [1.29, 1.82) is 0 Å². The molecule has 23 heavy (non-hydrogen) atoms. The number of benzene rings is 2. The number of amides is 2. The Kier molecular flexibility index (Phi) is 6.41. The predicted molar refractivity (Wildman–Crippen MR) is 88.0 cm³/mol. The number of rotatable bonds is 7. The van der Waals surface area contributed by atoms with Crippen molar-refractivity contribution in [1.82, 2.24) is 10.6 Å². The molecule has 0 saturated heterocycles. The largest absolute Gasteiger partial charge is 0.494 e. The number of nitrogens with one attached hydrogen (secondary N) is 2. The quantitative estimate of drug-likeness (QED) is 0.824. The summed E-state index contributed by atoms with van der Waals surface area (Å²) in [5, 5.41) is 5.49. The van der Waals surface area contributed by atoms with Crippen LogP contribution in [0, 0.1) is 5.82 Å². The molecule has 0 heterocycles. The molecule has 0 aliphatic rings. The Morgan fingerprint density at radius 3 is 2.52 bits per heavy atom. The van der Waals surface area contributed by atoms with Gasteiger partial charge in [-0.2, -0.15) is 0 Å². The minimum atomic E-state index is -0.268. The van der Waals surface area contributed by atoms with Crippen molar-refractivity contribution in [3.63, 3.8) is 0 Å². The van der Waals surface area contributed by atoms with Crippen molar-refractivity contribution >= 4 is 6.03 Å². The molecule has 0 fully saturated rings. The summed E-state index contributed by atoms with van der Waals surface area (Å²) >= 11 is 0. The minimum absolute atomic E-state index is 0.246. The summed E-state index contributed by atoms with van der Waals surface area (Å²) in [5.74, 6) is 0.565. The number of carbonyl (C=O) groups is 1. The highest BCUT2D eigenvalue weighted by atomic mass is 19.1. The van der Waals surface area contributed by atoms with Crippen molar-refractivity contribution in [3.05, 3.63) is 65.5 Å². The van der Waals surface area contributed by atoms with E-state index in [4.69, 9.17) is 4.74 Å². The molecule has 5 heteroatoms. The van der Waals surface area contributed by atoms with E-state index in [2.05, 4.69) is 10.6 Å². The Hall–Kier alpha value is -2.56. The van der Waals surface area contributed by atoms with Gasteiger partial charge in [-0.1, -0.05) is 30.3 Å². The van der Waals surface area contributed by atoms with E-state index in [-0.39, 0.29) is 11.8 Å². The van der Waals surface area contributed by atoms with Crippen LogP contribution in [0.4, 0.5) is 9.18 Å². The molecule has 2 rings (SSSR count). The van der Waals surface area contributed by atoms with Crippen LogP contribution in [0.25, 0.3) is 0 Å². The molecule has 4 nitrogen and oxygen atoms in total. The molecule has 0 aliphatic heterocycles. The van der Waals surface area contributed by atoms with E-state index < -0.39 is 0 Å². The third-order valence-corrected chi connectivity index (χ3v) is 3.33. The van der Waals surface area contributed by atoms with Gasteiger partial charge in [0.25, 0.3) is 0 Å². The van der Waals surface area contributed by atoms with E-state index >= 15 is 0 Å². The molecule has 0 bridgehead atoms. The first-order valence-corrected chi connectivity index (χ1v) is 7.66. The number of halogens is 1. The number of urea groups is 1. The average molecular weight is 316 g/mol. The highest BCUT2D eigenvalue weighted by Gasteiger charge is 2.03. The average Bonchev–Trinajstić information content (AvgIpc) is 2.56. The lowest BCUT2D eigenvalue weighted by atomic mass is 10.1. The molecular weight excluding hydrogens is 295 g/mol. The number of hydrogen-bond donors (Lipinski definition) is 2. The highest BCUT2D eigenvalue weighted by molar-refractivity contribution is 5.73. The third kappa shape index (κ3) is 5.62. The van der Waals surface area contributed by atoms with Crippen molar-refractivity contribution in [2.24, 2.45) is 0 Å². The van der Waals surface area contributed by atoms with Crippen molar-refractivity contribution in [2.45, 2.75) is 19.9 Å². The van der Waals surface area contributed by atoms with Crippen molar-refractivity contribution < 1.29 is 13.9 Å². The Balaban J connectivity index is 1.69. The Bertz CT molecular complexity index is 629. The fraction of sp³-hybridized carbons (Fsp3) is 0.278. The molecular formula is C18H21FN2O2. The van der Waals surface area contributed by atoms with Crippen LogP contribution in [0.5, 0.6) is 5.75 Å². The van der Waals surface area contributed by atoms with Gasteiger partial charge in [0, 0.05) is 13.1 Å². The SMILES string of the molecule is CCOc1ccc(CNC(=O)NCCc2ccccc2F)cc1. The van der Waals surface area contributed by atoms with Crippen molar-refractivity contribution in [2.75, 3.05) is 13.2 Å². The molecule has 0 radical (unpaired) electrons. The lowest BCUT2D eigenvalue weighted by Crippen LogP contribution is -2.36. The Labute approximate surface area is 135 Å². The van der Waals surface area contributed by atoms with Crippen LogP contribution < -0.4 is 15.4 Å². The zero-order valence-corrected chi connectivity index (χ0v) is 13.1.